The molecule has 3 N–H and O–H groups in total. The second kappa shape index (κ2) is 7.21. The molecule has 1 unspecified atom stereocenters. The molecule has 0 aliphatic carbocycles. The van der Waals surface area contributed by atoms with Crippen LogP contribution in [0.2, 0.25) is 0 Å². The summed E-state index contributed by atoms with van der Waals surface area (Å²) in [6, 6.07) is 17.1. The van der Waals surface area contributed by atoms with E-state index in [1.54, 1.807) is 41.9 Å². The van der Waals surface area contributed by atoms with Crippen LogP contribution in [0.5, 0.6) is 11.5 Å². The molecule has 1 aliphatic rings. The van der Waals surface area contributed by atoms with Crippen molar-refractivity contribution in [2.75, 3.05) is 12.4 Å². The van der Waals surface area contributed by atoms with E-state index in [-0.39, 0.29) is 5.75 Å². The van der Waals surface area contributed by atoms with Crippen LogP contribution in [0.3, 0.4) is 0 Å². The summed E-state index contributed by atoms with van der Waals surface area (Å²) >= 11 is 0. The molecule has 1 heterocycles. The Morgan fingerprint density at radius 3 is 2.68 bits per heavy atom. The van der Waals surface area contributed by atoms with E-state index in [1.807, 2.05) is 24.3 Å². The van der Waals surface area contributed by atoms with Crippen LogP contribution in [0.15, 0.2) is 60.7 Å². The van der Waals surface area contributed by atoms with Crippen molar-refractivity contribution in [1.29, 1.82) is 0 Å². The van der Waals surface area contributed by atoms with Gasteiger partial charge in [-0.15, -0.1) is 0 Å². The zero-order valence-electron chi connectivity index (χ0n) is 14.9. The number of carbonyl (C=O) groups excluding carboxylic acids is 1. The highest BCUT2D eigenvalue weighted by atomic mass is 19.1. The maximum atomic E-state index is 14.5. The number of fused-ring (bicyclic) bond motifs is 1. The van der Waals surface area contributed by atoms with Gasteiger partial charge in [-0.05, 0) is 29.8 Å². The molecule has 0 saturated carbocycles. The van der Waals surface area contributed by atoms with Crippen molar-refractivity contribution in [3.8, 4) is 22.6 Å². The molecule has 3 aromatic carbocycles. The van der Waals surface area contributed by atoms with E-state index in [2.05, 4.69) is 5.32 Å². The third-order valence-electron chi connectivity index (χ3n) is 4.58. The van der Waals surface area contributed by atoms with Crippen molar-refractivity contribution in [3.05, 3.63) is 77.6 Å². The molecule has 0 radical (unpaired) electrons. The largest absolute Gasteiger partial charge is 0.494 e. The number of rotatable bonds is 4. The quantitative estimate of drug-likeness (QED) is 0.469. The van der Waals surface area contributed by atoms with Crippen LogP contribution in [0, 0.1) is 5.82 Å². The minimum absolute atomic E-state index is 0.195. The summed E-state index contributed by atoms with van der Waals surface area (Å²) in [6.45, 7) is 0. The Hall–Kier alpha value is -3.58. The molecule has 0 fully saturated rings. The van der Waals surface area contributed by atoms with Crippen molar-refractivity contribution in [2.45, 2.75) is 6.23 Å². The third kappa shape index (κ3) is 3.12. The Morgan fingerprint density at radius 2 is 1.96 bits per heavy atom. The molecule has 1 amide bonds. The maximum absolute atomic E-state index is 14.5. The first-order valence-corrected chi connectivity index (χ1v) is 8.55. The Kier molecular flexibility index (Phi) is 4.58. The maximum Gasteiger partial charge on any atom is 0.274 e. The van der Waals surface area contributed by atoms with Gasteiger partial charge in [0.2, 0.25) is 0 Å². The average Bonchev–Trinajstić information content (AvgIpc) is 3.17. The number of halogens is 1. The van der Waals surface area contributed by atoms with Gasteiger partial charge in [-0.25, -0.2) is 9.87 Å². The number of benzene rings is 3. The molecule has 1 aliphatic heterocycles. The topological polar surface area (TPSA) is 79.8 Å². The van der Waals surface area contributed by atoms with Crippen molar-refractivity contribution in [3.63, 3.8) is 0 Å². The van der Waals surface area contributed by atoms with E-state index in [1.165, 1.54) is 7.11 Å². The summed E-state index contributed by atoms with van der Waals surface area (Å²) in [5.74, 6) is -0.212. The summed E-state index contributed by atoms with van der Waals surface area (Å²) in [7, 11) is 1.43. The molecular formula is C21H17FN2O4. The highest BCUT2D eigenvalue weighted by Crippen LogP contribution is 2.39. The van der Waals surface area contributed by atoms with Crippen LogP contribution in [0.25, 0.3) is 11.1 Å². The first-order chi connectivity index (χ1) is 13.6. The van der Waals surface area contributed by atoms with Gasteiger partial charge in [0.15, 0.2) is 17.8 Å². The van der Waals surface area contributed by atoms with Crippen LogP contribution >= 0.6 is 0 Å². The lowest BCUT2D eigenvalue weighted by molar-refractivity contribution is 0.0706. The van der Waals surface area contributed by atoms with Crippen molar-refractivity contribution >= 4 is 11.6 Å². The summed E-state index contributed by atoms with van der Waals surface area (Å²) < 4.78 is 25.4. The predicted octanol–water partition coefficient (Wildman–Crippen LogP) is 4.12. The number of nitrogens with one attached hydrogen (secondary N) is 2. The molecule has 0 saturated heterocycles. The highest BCUT2D eigenvalue weighted by Gasteiger charge is 2.24. The fourth-order valence-electron chi connectivity index (χ4n) is 3.13. The molecule has 28 heavy (non-hydrogen) atoms. The van der Waals surface area contributed by atoms with E-state index in [9.17, 15) is 9.18 Å². The number of hydroxylamine groups is 1. The van der Waals surface area contributed by atoms with Crippen molar-refractivity contribution in [1.82, 2.24) is 5.48 Å². The summed E-state index contributed by atoms with van der Waals surface area (Å²) in [4.78, 5) is 11.5. The first-order valence-electron chi connectivity index (χ1n) is 8.55. The van der Waals surface area contributed by atoms with E-state index in [0.29, 0.717) is 22.6 Å². The third-order valence-corrected chi connectivity index (χ3v) is 4.58. The predicted molar refractivity (Wildman–Crippen MR) is 101 cm³/mol. The Morgan fingerprint density at radius 1 is 1.18 bits per heavy atom. The van der Waals surface area contributed by atoms with Gasteiger partial charge in [0, 0.05) is 16.7 Å². The standard InChI is InChI=1S/C21H17FN2O4/c1-27-18-4-2-3-15(19(18)22)12-5-7-13(8-6-12)21-23-16-11-14(20(25)24-26)9-10-17(16)28-21/h2-11,21,23,26H,1H3,(H,24,25). The lowest BCUT2D eigenvalue weighted by Crippen LogP contribution is -2.18. The molecular weight excluding hydrogens is 363 g/mol. The Bertz CT molecular complexity index is 1040. The molecule has 0 bridgehead atoms. The minimum atomic E-state index is -0.599. The molecule has 1 atom stereocenters. The van der Waals surface area contributed by atoms with Crippen LogP contribution in [-0.4, -0.2) is 18.2 Å². The van der Waals surface area contributed by atoms with E-state index < -0.39 is 18.0 Å². The number of hydrogen-bond donors (Lipinski definition) is 3. The second-order valence-corrected chi connectivity index (χ2v) is 6.24. The lowest BCUT2D eigenvalue weighted by atomic mass is 10.0. The number of ether oxygens (including phenoxy) is 2. The Balaban J connectivity index is 1.56. The average molecular weight is 380 g/mol. The second-order valence-electron chi connectivity index (χ2n) is 6.24. The number of anilines is 1. The van der Waals surface area contributed by atoms with E-state index >= 15 is 0 Å². The lowest BCUT2D eigenvalue weighted by Gasteiger charge is -2.13. The summed E-state index contributed by atoms with van der Waals surface area (Å²) in [6.07, 6.45) is -0.438. The fraction of sp³-hybridized carbons (Fsp3) is 0.0952. The SMILES string of the molecule is COc1cccc(-c2ccc(C3Nc4cc(C(=O)NO)ccc4O3)cc2)c1F. The van der Waals surface area contributed by atoms with Gasteiger partial charge >= 0.3 is 0 Å². The highest BCUT2D eigenvalue weighted by molar-refractivity contribution is 5.95. The van der Waals surface area contributed by atoms with Crippen LogP contribution in [0.1, 0.15) is 22.1 Å². The molecule has 7 heteroatoms. The first kappa shape index (κ1) is 17.8. The minimum Gasteiger partial charge on any atom is -0.494 e. The van der Waals surface area contributed by atoms with Crippen molar-refractivity contribution < 1.29 is 23.9 Å². The van der Waals surface area contributed by atoms with Crippen LogP contribution in [-0.2, 0) is 0 Å². The summed E-state index contributed by atoms with van der Waals surface area (Å²) in [5.41, 5.74) is 4.57. The van der Waals surface area contributed by atoms with Gasteiger partial charge in [-0.2, -0.15) is 0 Å². The van der Waals surface area contributed by atoms with E-state index in [4.69, 9.17) is 14.7 Å². The van der Waals surface area contributed by atoms with Gasteiger partial charge in [0.05, 0.1) is 12.8 Å². The van der Waals surface area contributed by atoms with Gasteiger partial charge in [0.25, 0.3) is 5.91 Å². The normalized spacial score (nSPS) is 14.6. The van der Waals surface area contributed by atoms with Crippen molar-refractivity contribution in [2.24, 2.45) is 0 Å². The molecule has 0 aromatic heterocycles. The van der Waals surface area contributed by atoms with Gasteiger partial charge < -0.3 is 14.8 Å². The molecule has 6 nitrogen and oxygen atoms in total. The zero-order chi connectivity index (χ0) is 19.7. The smallest absolute Gasteiger partial charge is 0.274 e. The number of methoxy groups -OCH3 is 1. The number of hydrogen-bond acceptors (Lipinski definition) is 5. The number of amides is 1. The fourth-order valence-corrected chi connectivity index (χ4v) is 3.13. The van der Waals surface area contributed by atoms with Gasteiger partial charge in [0.1, 0.15) is 5.75 Å². The summed E-state index contributed by atoms with van der Waals surface area (Å²) in [5, 5.41) is 11.9. The number of carbonyl (C=O) groups is 1. The molecule has 0 spiro atoms. The molecule has 4 rings (SSSR count). The molecule has 142 valence electrons. The van der Waals surface area contributed by atoms with Gasteiger partial charge in [-0.1, -0.05) is 36.4 Å². The van der Waals surface area contributed by atoms with Crippen LogP contribution in [0.4, 0.5) is 10.1 Å². The Labute approximate surface area is 160 Å². The zero-order valence-corrected chi connectivity index (χ0v) is 14.9. The monoisotopic (exact) mass is 380 g/mol. The van der Waals surface area contributed by atoms with Gasteiger partial charge in [-0.3, -0.25) is 10.0 Å². The van der Waals surface area contributed by atoms with E-state index in [0.717, 1.165) is 11.1 Å². The van der Waals surface area contributed by atoms with Crippen LogP contribution < -0.4 is 20.3 Å². The molecule has 3 aromatic rings.